The highest BCUT2D eigenvalue weighted by Gasteiger charge is 2.26. The molecule has 1 aliphatic rings. The summed E-state index contributed by atoms with van der Waals surface area (Å²) in [6.07, 6.45) is 3.72. The van der Waals surface area contributed by atoms with Crippen LogP contribution in [0.25, 0.3) is 0 Å². The van der Waals surface area contributed by atoms with Gasteiger partial charge in [-0.15, -0.1) is 0 Å². The Kier molecular flexibility index (Phi) is 7.46. The zero-order valence-electron chi connectivity index (χ0n) is 14.1. The molecule has 0 spiro atoms. The first-order valence-electron chi connectivity index (χ1n) is 8.30. The van der Waals surface area contributed by atoms with Crippen molar-refractivity contribution in [2.75, 3.05) is 26.2 Å². The summed E-state index contributed by atoms with van der Waals surface area (Å²) in [6, 6.07) is 0.0975. The molecule has 2 amide bonds. The molecule has 0 bridgehead atoms. The fraction of sp³-hybridized carbons (Fsp3) is 0.938. The maximum absolute atomic E-state index is 12.1. The molecule has 21 heavy (non-hydrogen) atoms. The highest BCUT2D eigenvalue weighted by atomic mass is 16.3. The van der Waals surface area contributed by atoms with E-state index in [1.807, 2.05) is 6.92 Å². The molecule has 5 heteroatoms. The molecule has 0 saturated carbocycles. The number of amides is 2. The van der Waals surface area contributed by atoms with Crippen LogP contribution in [0.5, 0.6) is 0 Å². The van der Waals surface area contributed by atoms with E-state index in [2.05, 4.69) is 36.3 Å². The second-order valence-corrected chi connectivity index (χ2v) is 7.04. The third-order valence-corrected chi connectivity index (χ3v) is 4.11. The van der Waals surface area contributed by atoms with Crippen LogP contribution in [-0.2, 0) is 0 Å². The van der Waals surface area contributed by atoms with Crippen molar-refractivity contribution in [3.8, 4) is 0 Å². The Balaban J connectivity index is 2.33. The van der Waals surface area contributed by atoms with Crippen molar-refractivity contribution < 1.29 is 9.90 Å². The third-order valence-electron chi connectivity index (χ3n) is 4.11. The quantitative estimate of drug-likeness (QED) is 0.673. The summed E-state index contributed by atoms with van der Waals surface area (Å²) < 4.78 is 0. The molecule has 5 nitrogen and oxygen atoms in total. The van der Waals surface area contributed by atoms with Gasteiger partial charge < -0.3 is 20.6 Å². The lowest BCUT2D eigenvalue weighted by Crippen LogP contribution is -2.55. The number of rotatable bonds is 7. The van der Waals surface area contributed by atoms with E-state index in [-0.39, 0.29) is 18.7 Å². The van der Waals surface area contributed by atoms with E-state index >= 15 is 0 Å². The average Bonchev–Trinajstić information content (AvgIpc) is 2.40. The van der Waals surface area contributed by atoms with E-state index in [1.54, 1.807) is 0 Å². The highest BCUT2D eigenvalue weighted by Crippen LogP contribution is 2.14. The minimum atomic E-state index is -0.517. The SMILES string of the molecule is CCCC(C)(CO)NC(=O)NC1CCN(CC(C)C)CC1. The lowest BCUT2D eigenvalue weighted by Gasteiger charge is -2.34. The molecule has 1 unspecified atom stereocenters. The first-order valence-corrected chi connectivity index (χ1v) is 8.30. The van der Waals surface area contributed by atoms with E-state index < -0.39 is 5.54 Å². The molecule has 124 valence electrons. The minimum absolute atomic E-state index is 0.0267. The largest absolute Gasteiger partial charge is 0.394 e. The molecule has 1 atom stereocenters. The summed E-state index contributed by atoms with van der Waals surface area (Å²) in [5.41, 5.74) is -0.517. The van der Waals surface area contributed by atoms with Crippen molar-refractivity contribution in [2.24, 2.45) is 5.92 Å². The number of likely N-dealkylation sites (tertiary alicyclic amines) is 1. The van der Waals surface area contributed by atoms with Crippen LogP contribution in [0.2, 0.25) is 0 Å². The summed E-state index contributed by atoms with van der Waals surface area (Å²) in [5, 5.41) is 15.4. The van der Waals surface area contributed by atoms with Crippen molar-refractivity contribution in [3.05, 3.63) is 0 Å². The van der Waals surface area contributed by atoms with Crippen LogP contribution in [0.1, 0.15) is 53.4 Å². The molecular formula is C16H33N3O2. The number of urea groups is 1. The standard InChI is InChI=1S/C16H33N3O2/c1-5-8-16(4,12-20)18-15(21)17-14-6-9-19(10-7-14)11-13(2)3/h13-14,20H,5-12H2,1-4H3,(H2,17,18,21). The van der Waals surface area contributed by atoms with E-state index in [4.69, 9.17) is 0 Å². The minimum Gasteiger partial charge on any atom is -0.394 e. The maximum atomic E-state index is 12.1. The molecule has 1 heterocycles. The Morgan fingerprint density at radius 2 is 2.00 bits per heavy atom. The smallest absolute Gasteiger partial charge is 0.315 e. The highest BCUT2D eigenvalue weighted by molar-refractivity contribution is 5.75. The van der Waals surface area contributed by atoms with Crippen LogP contribution in [0, 0.1) is 5.92 Å². The third kappa shape index (κ3) is 6.66. The van der Waals surface area contributed by atoms with Crippen molar-refractivity contribution in [3.63, 3.8) is 0 Å². The van der Waals surface area contributed by atoms with Crippen LogP contribution in [0.15, 0.2) is 0 Å². The fourth-order valence-electron chi connectivity index (χ4n) is 3.00. The van der Waals surface area contributed by atoms with Gasteiger partial charge in [-0.25, -0.2) is 4.79 Å². The molecule has 0 radical (unpaired) electrons. The molecule has 1 fully saturated rings. The normalized spacial score (nSPS) is 20.3. The van der Waals surface area contributed by atoms with E-state index in [9.17, 15) is 9.90 Å². The van der Waals surface area contributed by atoms with E-state index in [0.717, 1.165) is 45.3 Å². The van der Waals surface area contributed by atoms with Gasteiger partial charge in [0.15, 0.2) is 0 Å². The van der Waals surface area contributed by atoms with Gasteiger partial charge in [0.2, 0.25) is 0 Å². The second-order valence-electron chi connectivity index (χ2n) is 7.04. The van der Waals surface area contributed by atoms with E-state index in [0.29, 0.717) is 5.92 Å². The van der Waals surface area contributed by atoms with E-state index in [1.165, 1.54) is 0 Å². The number of aliphatic hydroxyl groups is 1. The first-order chi connectivity index (χ1) is 9.88. The Hall–Kier alpha value is -0.810. The topological polar surface area (TPSA) is 64.6 Å². The summed E-state index contributed by atoms with van der Waals surface area (Å²) in [7, 11) is 0. The fourth-order valence-corrected chi connectivity index (χ4v) is 3.00. The first kappa shape index (κ1) is 18.2. The lowest BCUT2D eigenvalue weighted by atomic mass is 9.97. The molecule has 1 rings (SSSR count). The molecule has 1 aliphatic heterocycles. The van der Waals surface area contributed by atoms with Gasteiger partial charge in [-0.05, 0) is 32.1 Å². The second kappa shape index (κ2) is 8.59. The Bertz CT molecular complexity index is 315. The summed E-state index contributed by atoms with van der Waals surface area (Å²) >= 11 is 0. The van der Waals surface area contributed by atoms with Crippen molar-refractivity contribution in [1.29, 1.82) is 0 Å². The number of hydrogen-bond donors (Lipinski definition) is 3. The Morgan fingerprint density at radius 1 is 1.38 bits per heavy atom. The van der Waals surface area contributed by atoms with Crippen molar-refractivity contribution in [1.82, 2.24) is 15.5 Å². The van der Waals surface area contributed by atoms with Gasteiger partial charge in [0.05, 0.1) is 12.1 Å². The number of carbonyl (C=O) groups excluding carboxylic acids is 1. The molecule has 0 aromatic heterocycles. The number of carbonyl (C=O) groups is 1. The monoisotopic (exact) mass is 299 g/mol. The molecule has 3 N–H and O–H groups in total. The van der Waals surface area contributed by atoms with Crippen molar-refractivity contribution >= 4 is 6.03 Å². The average molecular weight is 299 g/mol. The number of hydrogen-bond acceptors (Lipinski definition) is 3. The number of nitrogens with one attached hydrogen (secondary N) is 2. The van der Waals surface area contributed by atoms with Gasteiger partial charge in [-0.1, -0.05) is 27.2 Å². The van der Waals surface area contributed by atoms with Crippen LogP contribution in [0.3, 0.4) is 0 Å². The summed E-state index contributed by atoms with van der Waals surface area (Å²) in [6.45, 7) is 11.6. The number of nitrogens with zero attached hydrogens (tertiary/aromatic N) is 1. The molecule has 0 aromatic rings. The zero-order valence-corrected chi connectivity index (χ0v) is 14.1. The van der Waals surface area contributed by atoms with Crippen LogP contribution in [-0.4, -0.2) is 53.9 Å². The predicted molar refractivity (Wildman–Crippen MR) is 86.4 cm³/mol. The summed E-state index contributed by atoms with van der Waals surface area (Å²) in [5.74, 6) is 0.692. The Labute approximate surface area is 129 Å². The molecule has 0 aliphatic carbocycles. The number of aliphatic hydroxyl groups excluding tert-OH is 1. The summed E-state index contributed by atoms with van der Waals surface area (Å²) in [4.78, 5) is 14.5. The number of piperidine rings is 1. The van der Waals surface area contributed by atoms with Gasteiger partial charge in [0.25, 0.3) is 0 Å². The Morgan fingerprint density at radius 3 is 2.48 bits per heavy atom. The van der Waals surface area contributed by atoms with Gasteiger partial charge in [-0.3, -0.25) is 0 Å². The van der Waals surface area contributed by atoms with Crippen molar-refractivity contribution in [2.45, 2.75) is 65.0 Å². The molecule has 1 saturated heterocycles. The van der Waals surface area contributed by atoms with Gasteiger partial charge in [-0.2, -0.15) is 0 Å². The van der Waals surface area contributed by atoms with Crippen LogP contribution in [0.4, 0.5) is 4.79 Å². The zero-order chi connectivity index (χ0) is 15.9. The maximum Gasteiger partial charge on any atom is 0.315 e. The van der Waals surface area contributed by atoms with Gasteiger partial charge in [0, 0.05) is 25.7 Å². The van der Waals surface area contributed by atoms with Crippen LogP contribution < -0.4 is 10.6 Å². The van der Waals surface area contributed by atoms with Gasteiger partial charge in [0.1, 0.15) is 0 Å². The van der Waals surface area contributed by atoms with Crippen LogP contribution >= 0.6 is 0 Å². The lowest BCUT2D eigenvalue weighted by molar-refractivity contribution is 0.154. The van der Waals surface area contributed by atoms with Gasteiger partial charge >= 0.3 is 6.03 Å². The molecule has 0 aromatic carbocycles. The predicted octanol–water partition coefficient (Wildman–Crippen LogP) is 1.96. The molecular weight excluding hydrogens is 266 g/mol.